The SMILES string of the molecule is CC(=O)c1ccc(SCC(=O)Nc2ccc(C)cc2C)c([N+](=O)[O-])c1. The monoisotopic (exact) mass is 358 g/mol. The fourth-order valence-corrected chi connectivity index (χ4v) is 3.09. The Hall–Kier alpha value is -2.67. The van der Waals surface area contributed by atoms with Crippen LogP contribution in [-0.4, -0.2) is 22.4 Å². The summed E-state index contributed by atoms with van der Waals surface area (Å²) in [7, 11) is 0. The second-order valence-electron chi connectivity index (χ2n) is 5.65. The van der Waals surface area contributed by atoms with Crippen LogP contribution in [0.4, 0.5) is 11.4 Å². The maximum atomic E-state index is 12.1. The number of rotatable bonds is 6. The van der Waals surface area contributed by atoms with Crippen LogP contribution in [0.3, 0.4) is 0 Å². The highest BCUT2D eigenvalue weighted by Gasteiger charge is 2.17. The first-order chi connectivity index (χ1) is 11.8. The fourth-order valence-electron chi connectivity index (χ4n) is 2.28. The molecule has 6 nitrogen and oxygen atoms in total. The summed E-state index contributed by atoms with van der Waals surface area (Å²) in [6.07, 6.45) is 0. The van der Waals surface area contributed by atoms with Crippen molar-refractivity contribution >= 4 is 34.8 Å². The smallest absolute Gasteiger partial charge is 0.283 e. The first-order valence-electron chi connectivity index (χ1n) is 7.57. The van der Waals surface area contributed by atoms with Crippen molar-refractivity contribution in [1.82, 2.24) is 0 Å². The van der Waals surface area contributed by atoms with Gasteiger partial charge in [0.2, 0.25) is 5.91 Å². The number of thioether (sulfide) groups is 1. The lowest BCUT2D eigenvalue weighted by Crippen LogP contribution is -2.15. The molecule has 0 fully saturated rings. The number of hydrogen-bond acceptors (Lipinski definition) is 5. The maximum Gasteiger partial charge on any atom is 0.283 e. The molecule has 0 aliphatic carbocycles. The van der Waals surface area contributed by atoms with Crippen LogP contribution in [-0.2, 0) is 4.79 Å². The first kappa shape index (κ1) is 18.7. The number of nitro benzene ring substituents is 1. The van der Waals surface area contributed by atoms with Crippen molar-refractivity contribution in [3.63, 3.8) is 0 Å². The number of nitrogens with zero attached hydrogens (tertiary/aromatic N) is 1. The Morgan fingerprint density at radius 3 is 2.48 bits per heavy atom. The molecule has 0 saturated carbocycles. The Bertz CT molecular complexity index is 849. The Balaban J connectivity index is 2.08. The van der Waals surface area contributed by atoms with E-state index < -0.39 is 4.92 Å². The van der Waals surface area contributed by atoms with Crippen molar-refractivity contribution in [3.05, 3.63) is 63.2 Å². The molecule has 0 aliphatic rings. The molecule has 0 atom stereocenters. The fraction of sp³-hybridized carbons (Fsp3) is 0.222. The number of anilines is 1. The average Bonchev–Trinajstić information content (AvgIpc) is 2.55. The minimum atomic E-state index is -0.545. The van der Waals surface area contributed by atoms with Crippen molar-refractivity contribution in [2.75, 3.05) is 11.1 Å². The maximum absolute atomic E-state index is 12.1. The Morgan fingerprint density at radius 2 is 1.88 bits per heavy atom. The lowest BCUT2D eigenvalue weighted by Gasteiger charge is -2.09. The first-order valence-corrected chi connectivity index (χ1v) is 8.56. The molecule has 1 amide bonds. The Kier molecular flexibility index (Phi) is 5.93. The molecule has 0 aliphatic heterocycles. The second kappa shape index (κ2) is 7.94. The average molecular weight is 358 g/mol. The molecule has 0 radical (unpaired) electrons. The Labute approximate surface area is 149 Å². The number of Topliss-reactive ketones (excluding diaryl/α,β-unsaturated/α-hetero) is 1. The van der Waals surface area contributed by atoms with Gasteiger partial charge < -0.3 is 5.32 Å². The zero-order valence-corrected chi connectivity index (χ0v) is 15.0. The van der Waals surface area contributed by atoms with E-state index >= 15 is 0 Å². The van der Waals surface area contributed by atoms with Crippen LogP contribution in [0, 0.1) is 24.0 Å². The molecule has 0 saturated heterocycles. The van der Waals surface area contributed by atoms with Crippen LogP contribution in [0.5, 0.6) is 0 Å². The zero-order valence-electron chi connectivity index (χ0n) is 14.2. The summed E-state index contributed by atoms with van der Waals surface area (Å²) in [6.45, 7) is 5.22. The molecule has 2 aromatic carbocycles. The van der Waals surface area contributed by atoms with E-state index in [1.165, 1.54) is 25.1 Å². The van der Waals surface area contributed by atoms with E-state index in [0.717, 1.165) is 28.6 Å². The van der Waals surface area contributed by atoms with Gasteiger partial charge in [-0.25, -0.2) is 0 Å². The number of hydrogen-bond donors (Lipinski definition) is 1. The highest BCUT2D eigenvalue weighted by molar-refractivity contribution is 8.00. The van der Waals surface area contributed by atoms with Crippen molar-refractivity contribution in [2.45, 2.75) is 25.7 Å². The van der Waals surface area contributed by atoms with E-state index in [1.807, 2.05) is 32.0 Å². The molecule has 1 N–H and O–H groups in total. The van der Waals surface area contributed by atoms with Gasteiger partial charge in [0, 0.05) is 17.3 Å². The number of aryl methyl sites for hydroxylation is 2. The van der Waals surface area contributed by atoms with E-state index in [-0.39, 0.29) is 28.7 Å². The molecule has 2 aromatic rings. The van der Waals surface area contributed by atoms with Crippen LogP contribution in [0.2, 0.25) is 0 Å². The van der Waals surface area contributed by atoms with Gasteiger partial charge in [0.15, 0.2) is 5.78 Å². The van der Waals surface area contributed by atoms with Gasteiger partial charge in [-0.05, 0) is 44.5 Å². The summed E-state index contributed by atoms with van der Waals surface area (Å²) in [6, 6.07) is 9.98. The molecule has 25 heavy (non-hydrogen) atoms. The van der Waals surface area contributed by atoms with Gasteiger partial charge in [0.1, 0.15) is 0 Å². The van der Waals surface area contributed by atoms with Crippen LogP contribution >= 0.6 is 11.8 Å². The highest BCUT2D eigenvalue weighted by atomic mass is 32.2. The van der Waals surface area contributed by atoms with Crippen molar-refractivity contribution < 1.29 is 14.5 Å². The van der Waals surface area contributed by atoms with Crippen molar-refractivity contribution in [2.24, 2.45) is 0 Å². The molecule has 0 aromatic heterocycles. The third-order valence-corrected chi connectivity index (χ3v) is 4.64. The number of nitro groups is 1. The number of ketones is 1. The standard InChI is InChI=1S/C18H18N2O4S/c1-11-4-6-15(12(2)8-11)19-18(22)10-25-17-7-5-14(13(3)21)9-16(17)20(23)24/h4-9H,10H2,1-3H3,(H,19,22). The van der Waals surface area contributed by atoms with Crippen molar-refractivity contribution in [3.8, 4) is 0 Å². The minimum absolute atomic E-state index is 0.0353. The molecule has 2 rings (SSSR count). The van der Waals surface area contributed by atoms with E-state index in [1.54, 1.807) is 0 Å². The van der Waals surface area contributed by atoms with Gasteiger partial charge in [-0.3, -0.25) is 19.7 Å². The zero-order chi connectivity index (χ0) is 18.6. The third-order valence-electron chi connectivity index (χ3n) is 3.58. The normalized spacial score (nSPS) is 10.4. The predicted molar refractivity (Wildman–Crippen MR) is 98.4 cm³/mol. The van der Waals surface area contributed by atoms with Crippen LogP contribution in [0.15, 0.2) is 41.3 Å². The third kappa shape index (κ3) is 4.90. The van der Waals surface area contributed by atoms with E-state index in [0.29, 0.717) is 4.90 Å². The molecule has 7 heteroatoms. The molecule has 0 unspecified atom stereocenters. The Morgan fingerprint density at radius 1 is 1.16 bits per heavy atom. The molecule has 0 spiro atoms. The lowest BCUT2D eigenvalue weighted by atomic mass is 10.1. The van der Waals surface area contributed by atoms with Gasteiger partial charge in [-0.2, -0.15) is 0 Å². The topological polar surface area (TPSA) is 89.3 Å². The molecular formula is C18H18N2O4S. The summed E-state index contributed by atoms with van der Waals surface area (Å²) in [4.78, 5) is 34.5. The quantitative estimate of drug-likeness (QED) is 0.363. The summed E-state index contributed by atoms with van der Waals surface area (Å²) >= 11 is 1.07. The van der Waals surface area contributed by atoms with E-state index in [9.17, 15) is 19.7 Å². The molecule has 0 heterocycles. The molecule has 0 bridgehead atoms. The largest absolute Gasteiger partial charge is 0.325 e. The van der Waals surface area contributed by atoms with E-state index in [4.69, 9.17) is 0 Å². The number of carbonyl (C=O) groups excluding carboxylic acids is 2. The minimum Gasteiger partial charge on any atom is -0.325 e. The lowest BCUT2D eigenvalue weighted by molar-refractivity contribution is -0.387. The molecule has 130 valence electrons. The van der Waals surface area contributed by atoms with E-state index in [2.05, 4.69) is 5.32 Å². The van der Waals surface area contributed by atoms with Crippen molar-refractivity contribution in [1.29, 1.82) is 0 Å². The van der Waals surface area contributed by atoms with Gasteiger partial charge in [0.25, 0.3) is 5.69 Å². The number of amides is 1. The van der Waals surface area contributed by atoms with Crippen LogP contribution in [0.1, 0.15) is 28.4 Å². The predicted octanol–water partition coefficient (Wildman–Crippen LogP) is 4.15. The van der Waals surface area contributed by atoms with Crippen LogP contribution < -0.4 is 5.32 Å². The highest BCUT2D eigenvalue weighted by Crippen LogP contribution is 2.30. The summed E-state index contributed by atoms with van der Waals surface area (Å²) in [5, 5.41) is 14.0. The summed E-state index contributed by atoms with van der Waals surface area (Å²) in [5.74, 6) is -0.456. The van der Waals surface area contributed by atoms with Gasteiger partial charge in [-0.1, -0.05) is 17.7 Å². The van der Waals surface area contributed by atoms with Gasteiger partial charge in [0.05, 0.1) is 15.6 Å². The van der Waals surface area contributed by atoms with Gasteiger partial charge >= 0.3 is 0 Å². The number of nitrogens with one attached hydrogen (secondary N) is 1. The molecular weight excluding hydrogens is 340 g/mol. The second-order valence-corrected chi connectivity index (χ2v) is 6.67. The number of benzene rings is 2. The summed E-state index contributed by atoms with van der Waals surface area (Å²) in [5.41, 5.74) is 2.88. The summed E-state index contributed by atoms with van der Waals surface area (Å²) < 4.78 is 0. The van der Waals surface area contributed by atoms with Gasteiger partial charge in [-0.15, -0.1) is 11.8 Å². The van der Waals surface area contributed by atoms with Crippen LogP contribution in [0.25, 0.3) is 0 Å². The number of carbonyl (C=O) groups is 2.